The molecule has 16 heavy (non-hydrogen) atoms. The van der Waals surface area contributed by atoms with Crippen molar-refractivity contribution in [3.63, 3.8) is 0 Å². The molecule has 0 fully saturated rings. The van der Waals surface area contributed by atoms with E-state index in [1.54, 1.807) is 0 Å². The van der Waals surface area contributed by atoms with Crippen LogP contribution in [-0.2, 0) is 12.0 Å². The van der Waals surface area contributed by atoms with Crippen LogP contribution in [0.15, 0.2) is 24.3 Å². The number of nitrogens with two attached hydrogens (primary N) is 1. The van der Waals surface area contributed by atoms with E-state index in [0.717, 1.165) is 24.8 Å². The number of hydrogen-bond donors (Lipinski definition) is 2. The highest BCUT2D eigenvalue weighted by Gasteiger charge is 2.37. The third-order valence-electron chi connectivity index (χ3n) is 3.26. The molecule has 0 saturated heterocycles. The minimum Gasteiger partial charge on any atom is -0.315 e. The Kier molecular flexibility index (Phi) is 2.00. The van der Waals surface area contributed by atoms with E-state index < -0.39 is 5.54 Å². The lowest BCUT2D eigenvalue weighted by atomic mass is 9.77. The van der Waals surface area contributed by atoms with Gasteiger partial charge in [-0.05, 0) is 30.4 Å². The number of fused-ring (bicyclic) bond motifs is 1. The van der Waals surface area contributed by atoms with E-state index in [-0.39, 0.29) is 0 Å². The summed E-state index contributed by atoms with van der Waals surface area (Å²) < 4.78 is 0. The van der Waals surface area contributed by atoms with Gasteiger partial charge in [-0.15, -0.1) is 10.2 Å². The summed E-state index contributed by atoms with van der Waals surface area (Å²) in [6.07, 6.45) is 3.00. The van der Waals surface area contributed by atoms with Gasteiger partial charge in [-0.25, -0.2) is 0 Å². The average molecular weight is 215 g/mol. The number of aryl methyl sites for hydroxylation is 1. The Balaban J connectivity index is 2.17. The SMILES string of the molecule is NC1(c2nn[nH]n2)CCCc2ccccc21. The van der Waals surface area contributed by atoms with Crippen molar-refractivity contribution >= 4 is 0 Å². The Bertz CT molecular complexity index is 493. The molecule has 0 saturated carbocycles. The van der Waals surface area contributed by atoms with Gasteiger partial charge in [0.15, 0.2) is 5.82 Å². The molecule has 0 radical (unpaired) electrons. The molecule has 1 unspecified atom stereocenters. The summed E-state index contributed by atoms with van der Waals surface area (Å²) in [6.45, 7) is 0. The standard InChI is InChI=1S/C11H13N5/c12-11(10-13-15-16-14-10)7-3-5-8-4-1-2-6-9(8)11/h1-2,4,6H,3,5,7,12H2,(H,13,14,15,16). The second kappa shape index (κ2) is 3.38. The molecule has 82 valence electrons. The first-order chi connectivity index (χ1) is 7.81. The minimum atomic E-state index is -0.582. The number of hydrogen-bond acceptors (Lipinski definition) is 4. The van der Waals surface area contributed by atoms with Crippen LogP contribution >= 0.6 is 0 Å². The highest BCUT2D eigenvalue weighted by Crippen LogP contribution is 2.36. The van der Waals surface area contributed by atoms with Gasteiger partial charge in [-0.1, -0.05) is 29.5 Å². The summed E-state index contributed by atoms with van der Waals surface area (Å²) >= 11 is 0. The summed E-state index contributed by atoms with van der Waals surface area (Å²) in [4.78, 5) is 0. The molecule has 0 aliphatic heterocycles. The van der Waals surface area contributed by atoms with Crippen LogP contribution in [0.4, 0.5) is 0 Å². The molecule has 5 heteroatoms. The number of benzene rings is 1. The molecule has 2 aromatic rings. The van der Waals surface area contributed by atoms with Crippen molar-refractivity contribution < 1.29 is 0 Å². The number of aromatic amines is 1. The van der Waals surface area contributed by atoms with Crippen LogP contribution in [0.2, 0.25) is 0 Å². The van der Waals surface area contributed by atoms with Crippen molar-refractivity contribution in [2.75, 3.05) is 0 Å². The second-order valence-electron chi connectivity index (χ2n) is 4.22. The summed E-state index contributed by atoms with van der Waals surface area (Å²) in [7, 11) is 0. The number of rotatable bonds is 1. The van der Waals surface area contributed by atoms with Crippen molar-refractivity contribution in [1.29, 1.82) is 0 Å². The topological polar surface area (TPSA) is 80.5 Å². The van der Waals surface area contributed by atoms with Gasteiger partial charge in [-0.2, -0.15) is 5.21 Å². The van der Waals surface area contributed by atoms with Crippen molar-refractivity contribution in [3.05, 3.63) is 41.2 Å². The lowest BCUT2D eigenvalue weighted by molar-refractivity contribution is 0.419. The van der Waals surface area contributed by atoms with Crippen LogP contribution in [0.25, 0.3) is 0 Å². The number of nitrogens with one attached hydrogen (secondary N) is 1. The summed E-state index contributed by atoms with van der Waals surface area (Å²) in [5.41, 5.74) is 8.29. The normalized spacial score (nSPS) is 24.1. The van der Waals surface area contributed by atoms with Crippen LogP contribution in [0.1, 0.15) is 29.8 Å². The van der Waals surface area contributed by atoms with Crippen LogP contribution < -0.4 is 5.73 Å². The molecule has 0 amide bonds. The molecule has 1 atom stereocenters. The van der Waals surface area contributed by atoms with Gasteiger partial charge in [0.05, 0.1) is 0 Å². The van der Waals surface area contributed by atoms with E-state index in [2.05, 4.69) is 32.8 Å². The first kappa shape index (κ1) is 9.47. The zero-order chi connectivity index (χ0) is 11.0. The lowest BCUT2D eigenvalue weighted by Crippen LogP contribution is -2.42. The maximum absolute atomic E-state index is 6.45. The van der Waals surface area contributed by atoms with E-state index in [1.165, 1.54) is 5.56 Å². The van der Waals surface area contributed by atoms with Crippen LogP contribution in [0.5, 0.6) is 0 Å². The third-order valence-corrected chi connectivity index (χ3v) is 3.26. The van der Waals surface area contributed by atoms with Gasteiger partial charge in [-0.3, -0.25) is 0 Å². The maximum atomic E-state index is 6.45. The highest BCUT2D eigenvalue weighted by molar-refractivity contribution is 5.40. The van der Waals surface area contributed by atoms with Gasteiger partial charge in [0, 0.05) is 0 Å². The number of aromatic nitrogens is 4. The predicted molar refractivity (Wildman–Crippen MR) is 58.5 cm³/mol. The molecule has 0 spiro atoms. The molecule has 1 heterocycles. The van der Waals surface area contributed by atoms with Crippen LogP contribution in [0.3, 0.4) is 0 Å². The predicted octanol–water partition coefficient (Wildman–Crippen LogP) is 0.738. The molecule has 1 aromatic heterocycles. The molecule has 3 N–H and O–H groups in total. The van der Waals surface area contributed by atoms with Crippen molar-refractivity contribution in [2.45, 2.75) is 24.8 Å². The zero-order valence-electron chi connectivity index (χ0n) is 8.85. The van der Waals surface area contributed by atoms with E-state index in [9.17, 15) is 0 Å². The van der Waals surface area contributed by atoms with E-state index in [1.807, 2.05) is 12.1 Å². The van der Waals surface area contributed by atoms with E-state index in [0.29, 0.717) is 5.82 Å². The first-order valence-electron chi connectivity index (χ1n) is 5.42. The number of H-pyrrole nitrogens is 1. The molecule has 5 nitrogen and oxygen atoms in total. The van der Waals surface area contributed by atoms with Crippen LogP contribution in [0, 0.1) is 0 Å². The first-order valence-corrected chi connectivity index (χ1v) is 5.42. The second-order valence-corrected chi connectivity index (χ2v) is 4.22. The third kappa shape index (κ3) is 1.25. The molecular weight excluding hydrogens is 202 g/mol. The Morgan fingerprint density at radius 3 is 3.00 bits per heavy atom. The molecule has 1 aliphatic rings. The zero-order valence-corrected chi connectivity index (χ0v) is 8.85. The fourth-order valence-electron chi connectivity index (χ4n) is 2.45. The van der Waals surface area contributed by atoms with Crippen molar-refractivity contribution in [3.8, 4) is 0 Å². The van der Waals surface area contributed by atoms with E-state index in [4.69, 9.17) is 5.73 Å². The molecular formula is C11H13N5. The van der Waals surface area contributed by atoms with Crippen molar-refractivity contribution in [1.82, 2.24) is 20.6 Å². The largest absolute Gasteiger partial charge is 0.315 e. The average Bonchev–Trinajstić information content (AvgIpc) is 2.84. The molecule has 3 rings (SSSR count). The highest BCUT2D eigenvalue weighted by atomic mass is 15.5. The van der Waals surface area contributed by atoms with Gasteiger partial charge >= 0.3 is 0 Å². The minimum absolute atomic E-state index is 0.582. The quantitative estimate of drug-likeness (QED) is 0.735. The Morgan fingerprint density at radius 1 is 1.31 bits per heavy atom. The monoisotopic (exact) mass is 215 g/mol. The van der Waals surface area contributed by atoms with Crippen LogP contribution in [-0.4, -0.2) is 20.6 Å². The van der Waals surface area contributed by atoms with Gasteiger partial charge in [0.25, 0.3) is 0 Å². The fraction of sp³-hybridized carbons (Fsp3) is 0.364. The summed E-state index contributed by atoms with van der Waals surface area (Å²) in [6, 6.07) is 8.23. The van der Waals surface area contributed by atoms with Gasteiger partial charge < -0.3 is 5.73 Å². The molecule has 0 bridgehead atoms. The fourth-order valence-corrected chi connectivity index (χ4v) is 2.45. The smallest absolute Gasteiger partial charge is 0.198 e. The number of nitrogens with zero attached hydrogens (tertiary/aromatic N) is 3. The summed E-state index contributed by atoms with van der Waals surface area (Å²) in [5.74, 6) is 0.583. The van der Waals surface area contributed by atoms with Gasteiger partial charge in [0.2, 0.25) is 0 Å². The Labute approximate surface area is 93.1 Å². The maximum Gasteiger partial charge on any atom is 0.198 e. The molecule has 1 aliphatic carbocycles. The van der Waals surface area contributed by atoms with E-state index >= 15 is 0 Å². The van der Waals surface area contributed by atoms with Gasteiger partial charge in [0.1, 0.15) is 5.54 Å². The Hall–Kier alpha value is -1.75. The van der Waals surface area contributed by atoms with Crippen molar-refractivity contribution in [2.24, 2.45) is 5.73 Å². The lowest BCUT2D eigenvalue weighted by Gasteiger charge is -2.32. The number of tetrazole rings is 1. The molecule has 1 aromatic carbocycles. The Morgan fingerprint density at radius 2 is 2.19 bits per heavy atom. The summed E-state index contributed by atoms with van der Waals surface area (Å²) in [5, 5.41) is 14.1.